The summed E-state index contributed by atoms with van der Waals surface area (Å²) >= 11 is 0. The topological polar surface area (TPSA) is 118 Å². The maximum absolute atomic E-state index is 13.3. The number of nitrogens with one attached hydrogen (secondary N) is 2. The first kappa shape index (κ1) is 24.7. The Balaban J connectivity index is 1.82. The van der Waals surface area contributed by atoms with Gasteiger partial charge >= 0.3 is 0 Å². The summed E-state index contributed by atoms with van der Waals surface area (Å²) < 4.78 is 33.9. The molecular weight excluding hydrogens is 466 g/mol. The van der Waals surface area contributed by atoms with Gasteiger partial charge < -0.3 is 9.72 Å². The molecule has 1 aromatic carbocycles. The van der Waals surface area contributed by atoms with Crippen molar-refractivity contribution in [2.75, 3.05) is 0 Å². The summed E-state index contributed by atoms with van der Waals surface area (Å²) in [6.45, 7) is 9.98. The number of nitrogens with zero attached hydrogens (tertiary/aromatic N) is 1. The number of pyridine rings is 2. The van der Waals surface area contributed by atoms with Gasteiger partial charge in [-0.25, -0.2) is 18.1 Å². The van der Waals surface area contributed by atoms with Crippen LogP contribution >= 0.6 is 0 Å². The molecule has 0 fully saturated rings. The zero-order valence-corrected chi connectivity index (χ0v) is 21.3. The Kier molecular flexibility index (Phi) is 6.31. The van der Waals surface area contributed by atoms with E-state index in [0.717, 1.165) is 53.3 Å². The van der Waals surface area contributed by atoms with Crippen molar-refractivity contribution in [3.05, 3.63) is 80.4 Å². The molecule has 2 N–H and O–H groups in total. The molecule has 0 atom stereocenters. The first-order chi connectivity index (χ1) is 16.4. The molecule has 0 bridgehead atoms. The molecule has 1 amide bonds. The molecule has 0 saturated carbocycles. The second-order valence-electron chi connectivity index (χ2n) is 9.71. The van der Waals surface area contributed by atoms with Gasteiger partial charge in [-0.15, -0.1) is 0 Å². The molecule has 0 radical (unpaired) electrons. The average Bonchev–Trinajstić information content (AvgIpc) is 2.75. The standard InChI is InChI=1S/C26H29N3O5S/c1-15-12-16(2)21(17(3)13-15)34-25-19(14-18-8-6-10-26(4,5)22(18)28-25)23(30)29-35(32,33)20-9-7-11-27-24(20)31/h7,9,11-14H,6,8,10H2,1-5H3,(H,27,31)(H,29,30). The number of rotatable bonds is 5. The molecule has 2 aromatic heterocycles. The Morgan fingerprint density at radius 1 is 1.14 bits per heavy atom. The van der Waals surface area contributed by atoms with Crippen molar-refractivity contribution in [1.29, 1.82) is 0 Å². The van der Waals surface area contributed by atoms with E-state index in [2.05, 4.69) is 18.8 Å². The van der Waals surface area contributed by atoms with E-state index in [4.69, 9.17) is 9.72 Å². The van der Waals surface area contributed by atoms with Crippen LogP contribution in [0.15, 0.2) is 46.2 Å². The van der Waals surface area contributed by atoms with E-state index in [-0.39, 0.29) is 16.9 Å². The fourth-order valence-electron chi connectivity index (χ4n) is 4.67. The van der Waals surface area contributed by atoms with E-state index >= 15 is 0 Å². The molecule has 0 aliphatic heterocycles. The Morgan fingerprint density at radius 2 is 1.83 bits per heavy atom. The number of carbonyl (C=O) groups is 1. The third-order valence-electron chi connectivity index (χ3n) is 6.30. The number of sulfonamides is 1. The number of aryl methyl sites for hydroxylation is 4. The van der Waals surface area contributed by atoms with Crippen LogP contribution in [0.3, 0.4) is 0 Å². The fraction of sp³-hybridized carbons (Fsp3) is 0.346. The number of carbonyl (C=O) groups excluding carboxylic acids is 1. The Labute approximate surface area is 204 Å². The summed E-state index contributed by atoms with van der Waals surface area (Å²) in [6.07, 6.45) is 3.90. The maximum Gasteiger partial charge on any atom is 0.270 e. The van der Waals surface area contributed by atoms with Crippen molar-refractivity contribution >= 4 is 15.9 Å². The first-order valence-electron chi connectivity index (χ1n) is 11.4. The third-order valence-corrected chi connectivity index (χ3v) is 7.66. The number of hydrogen-bond donors (Lipinski definition) is 2. The number of hydrogen-bond acceptors (Lipinski definition) is 6. The van der Waals surface area contributed by atoms with Crippen LogP contribution in [0.4, 0.5) is 0 Å². The minimum absolute atomic E-state index is 0.00300. The van der Waals surface area contributed by atoms with Crippen molar-refractivity contribution < 1.29 is 17.9 Å². The SMILES string of the molecule is Cc1cc(C)c(Oc2nc3c(cc2C(=O)NS(=O)(=O)c2ccc[nH]c2=O)CCCC3(C)C)c(C)c1. The molecule has 2 heterocycles. The predicted octanol–water partition coefficient (Wildman–Crippen LogP) is 4.22. The number of benzene rings is 1. The van der Waals surface area contributed by atoms with E-state index in [9.17, 15) is 18.0 Å². The van der Waals surface area contributed by atoms with Crippen molar-refractivity contribution in [2.45, 2.75) is 64.2 Å². The number of aromatic amines is 1. The lowest BCUT2D eigenvalue weighted by molar-refractivity contribution is 0.0978. The maximum atomic E-state index is 13.3. The molecule has 0 spiro atoms. The highest BCUT2D eigenvalue weighted by Crippen LogP contribution is 2.39. The lowest BCUT2D eigenvalue weighted by Gasteiger charge is -2.32. The number of aromatic nitrogens is 2. The van der Waals surface area contributed by atoms with Crippen LogP contribution < -0.4 is 15.0 Å². The lowest BCUT2D eigenvalue weighted by Crippen LogP contribution is -2.35. The molecule has 1 aliphatic carbocycles. The molecule has 1 aliphatic rings. The molecule has 4 rings (SSSR count). The van der Waals surface area contributed by atoms with Crippen LogP contribution in [0.25, 0.3) is 0 Å². The third kappa shape index (κ3) is 4.86. The fourth-order valence-corrected chi connectivity index (χ4v) is 5.69. The van der Waals surface area contributed by atoms with Crippen LogP contribution in [0.2, 0.25) is 0 Å². The zero-order valence-electron chi connectivity index (χ0n) is 20.5. The normalized spacial score (nSPS) is 14.8. The van der Waals surface area contributed by atoms with Crippen molar-refractivity contribution in [3.63, 3.8) is 0 Å². The van der Waals surface area contributed by atoms with Gasteiger partial charge in [0.05, 0.1) is 5.69 Å². The van der Waals surface area contributed by atoms with E-state index in [1.165, 1.54) is 12.3 Å². The van der Waals surface area contributed by atoms with Crippen LogP contribution in [0.1, 0.15) is 65.0 Å². The second kappa shape index (κ2) is 8.96. The number of ether oxygens (including phenoxy) is 1. The van der Waals surface area contributed by atoms with Gasteiger partial charge in [0.15, 0.2) is 4.90 Å². The van der Waals surface area contributed by atoms with Gasteiger partial charge in [0.25, 0.3) is 21.5 Å². The van der Waals surface area contributed by atoms with E-state index in [0.29, 0.717) is 5.75 Å². The summed E-state index contributed by atoms with van der Waals surface area (Å²) in [5.41, 5.74) is 3.49. The van der Waals surface area contributed by atoms with Gasteiger partial charge in [-0.2, -0.15) is 0 Å². The molecule has 184 valence electrons. The Bertz CT molecular complexity index is 1470. The lowest BCUT2D eigenvalue weighted by atomic mass is 9.75. The van der Waals surface area contributed by atoms with Crippen LogP contribution in [-0.4, -0.2) is 24.3 Å². The summed E-state index contributed by atoms with van der Waals surface area (Å²) in [4.78, 5) is 31.9. The van der Waals surface area contributed by atoms with Gasteiger partial charge in [-0.1, -0.05) is 31.5 Å². The van der Waals surface area contributed by atoms with E-state index in [1.807, 2.05) is 37.6 Å². The van der Waals surface area contributed by atoms with Crippen LogP contribution in [-0.2, 0) is 21.9 Å². The quantitative estimate of drug-likeness (QED) is 0.547. The van der Waals surface area contributed by atoms with Gasteiger partial charge in [0.2, 0.25) is 5.88 Å². The van der Waals surface area contributed by atoms with Crippen molar-refractivity contribution in [2.24, 2.45) is 0 Å². The van der Waals surface area contributed by atoms with Crippen molar-refractivity contribution in [3.8, 4) is 11.6 Å². The predicted molar refractivity (Wildman–Crippen MR) is 133 cm³/mol. The average molecular weight is 496 g/mol. The van der Waals surface area contributed by atoms with E-state index < -0.39 is 26.4 Å². The molecule has 0 saturated heterocycles. The van der Waals surface area contributed by atoms with Gasteiger partial charge in [-0.3, -0.25) is 9.59 Å². The van der Waals surface area contributed by atoms with E-state index in [1.54, 1.807) is 6.07 Å². The molecular formula is C26H29N3O5S. The monoisotopic (exact) mass is 495 g/mol. The number of H-pyrrole nitrogens is 1. The van der Waals surface area contributed by atoms with Crippen LogP contribution in [0.5, 0.6) is 11.6 Å². The zero-order chi connectivity index (χ0) is 25.5. The van der Waals surface area contributed by atoms with Crippen LogP contribution in [0, 0.1) is 20.8 Å². The second-order valence-corrected chi connectivity index (χ2v) is 11.4. The highest BCUT2D eigenvalue weighted by atomic mass is 32.2. The molecule has 0 unspecified atom stereocenters. The minimum Gasteiger partial charge on any atom is -0.438 e. The van der Waals surface area contributed by atoms with Gasteiger partial charge in [0.1, 0.15) is 11.3 Å². The summed E-state index contributed by atoms with van der Waals surface area (Å²) in [7, 11) is -4.42. The number of amides is 1. The Morgan fingerprint density at radius 3 is 2.49 bits per heavy atom. The highest BCUT2D eigenvalue weighted by Gasteiger charge is 2.33. The summed E-state index contributed by atoms with van der Waals surface area (Å²) in [5.74, 6) is -0.319. The minimum atomic E-state index is -4.42. The molecule has 3 aromatic rings. The summed E-state index contributed by atoms with van der Waals surface area (Å²) in [5, 5.41) is 0. The van der Waals surface area contributed by atoms with Crippen molar-refractivity contribution in [1.82, 2.24) is 14.7 Å². The highest BCUT2D eigenvalue weighted by molar-refractivity contribution is 7.90. The Hall–Kier alpha value is -3.46. The molecule has 9 heteroatoms. The first-order valence-corrected chi connectivity index (χ1v) is 12.9. The smallest absolute Gasteiger partial charge is 0.270 e. The number of fused-ring (bicyclic) bond motifs is 1. The summed E-state index contributed by atoms with van der Waals surface area (Å²) in [6, 6.07) is 8.11. The van der Waals surface area contributed by atoms with Gasteiger partial charge in [0, 0.05) is 11.6 Å². The van der Waals surface area contributed by atoms with Gasteiger partial charge in [-0.05, 0) is 74.9 Å². The largest absolute Gasteiger partial charge is 0.438 e. The molecule has 35 heavy (non-hydrogen) atoms. The molecule has 8 nitrogen and oxygen atoms in total.